The van der Waals surface area contributed by atoms with E-state index in [4.69, 9.17) is 15.9 Å². The lowest BCUT2D eigenvalue weighted by Gasteiger charge is -2.25. The molecule has 1 aliphatic rings. The minimum absolute atomic E-state index is 0.0599. The van der Waals surface area contributed by atoms with Crippen molar-refractivity contribution in [2.75, 3.05) is 65.4 Å². The molecule has 0 atom stereocenters. The third-order valence-electron chi connectivity index (χ3n) is 5.18. The number of carbonyl (C=O) groups is 3. The van der Waals surface area contributed by atoms with Crippen LogP contribution in [0, 0.1) is 0 Å². The lowest BCUT2D eigenvalue weighted by Crippen LogP contribution is -2.40. The van der Waals surface area contributed by atoms with Gasteiger partial charge in [-0.05, 0) is 11.1 Å². The van der Waals surface area contributed by atoms with E-state index in [1.54, 1.807) is 0 Å². The molecule has 0 saturated carbocycles. The largest absolute Gasteiger partial charge is 0.480 e. The van der Waals surface area contributed by atoms with Crippen molar-refractivity contribution in [1.82, 2.24) is 20.0 Å². The van der Waals surface area contributed by atoms with Crippen molar-refractivity contribution in [1.29, 1.82) is 0 Å². The van der Waals surface area contributed by atoms with Gasteiger partial charge in [-0.1, -0.05) is 24.3 Å². The Morgan fingerprint density at radius 3 is 1.71 bits per heavy atom. The number of carboxylic acid groups (broad SMARTS) is 2. The van der Waals surface area contributed by atoms with Crippen LogP contribution >= 0.6 is 0 Å². The number of nitrogens with two attached hydrogens (primary N) is 1. The van der Waals surface area contributed by atoms with Crippen molar-refractivity contribution in [3.05, 3.63) is 35.4 Å². The van der Waals surface area contributed by atoms with Gasteiger partial charge in [0, 0.05) is 58.9 Å². The molecular formula is C21H33N5O5. The van der Waals surface area contributed by atoms with Gasteiger partial charge in [0.05, 0.1) is 19.5 Å². The molecule has 1 aromatic rings. The first-order valence-electron chi connectivity index (χ1n) is 10.5. The maximum atomic E-state index is 11.8. The van der Waals surface area contributed by atoms with Gasteiger partial charge in [0.2, 0.25) is 5.91 Å². The summed E-state index contributed by atoms with van der Waals surface area (Å²) in [4.78, 5) is 40.0. The minimum Gasteiger partial charge on any atom is -0.480 e. The summed E-state index contributed by atoms with van der Waals surface area (Å²) in [6, 6.07) is 7.84. The summed E-state index contributed by atoms with van der Waals surface area (Å²) in [5.74, 6) is -1.83. The highest BCUT2D eigenvalue weighted by Crippen LogP contribution is 2.10. The van der Waals surface area contributed by atoms with Gasteiger partial charge in [-0.2, -0.15) is 0 Å². The molecule has 10 heteroatoms. The Bertz CT molecular complexity index is 699. The fourth-order valence-electron chi connectivity index (χ4n) is 3.52. The highest BCUT2D eigenvalue weighted by Gasteiger charge is 2.19. The molecular weight excluding hydrogens is 402 g/mol. The molecule has 1 amide bonds. The second-order valence-corrected chi connectivity index (χ2v) is 7.75. The molecule has 1 aliphatic heterocycles. The lowest BCUT2D eigenvalue weighted by atomic mass is 10.1. The van der Waals surface area contributed by atoms with Crippen molar-refractivity contribution >= 4 is 17.8 Å². The number of benzene rings is 1. The first-order valence-corrected chi connectivity index (χ1v) is 10.5. The molecule has 10 nitrogen and oxygen atoms in total. The lowest BCUT2D eigenvalue weighted by molar-refractivity contribution is -0.140. The Labute approximate surface area is 182 Å². The molecule has 0 aliphatic carbocycles. The average Bonchev–Trinajstić information content (AvgIpc) is 2.79. The summed E-state index contributed by atoms with van der Waals surface area (Å²) >= 11 is 0. The zero-order valence-electron chi connectivity index (χ0n) is 17.8. The number of hydrogen-bond acceptors (Lipinski definition) is 7. The summed E-state index contributed by atoms with van der Waals surface area (Å²) in [6.07, 6.45) is 0.304. The van der Waals surface area contributed by atoms with E-state index in [9.17, 15) is 14.4 Å². The van der Waals surface area contributed by atoms with Crippen LogP contribution in [-0.2, 0) is 27.3 Å². The highest BCUT2D eigenvalue weighted by molar-refractivity contribution is 5.78. The van der Waals surface area contributed by atoms with Crippen molar-refractivity contribution in [3.8, 4) is 0 Å². The quantitative estimate of drug-likeness (QED) is 0.360. The highest BCUT2D eigenvalue weighted by atomic mass is 16.4. The number of hydrogen-bond donors (Lipinski definition) is 4. The van der Waals surface area contributed by atoms with Gasteiger partial charge in [0.1, 0.15) is 0 Å². The van der Waals surface area contributed by atoms with Crippen LogP contribution in [0.3, 0.4) is 0 Å². The van der Waals surface area contributed by atoms with Crippen molar-refractivity contribution in [2.45, 2.75) is 13.0 Å². The Hall–Kier alpha value is -2.53. The first-order chi connectivity index (χ1) is 14.9. The van der Waals surface area contributed by atoms with Crippen LogP contribution in [0.2, 0.25) is 0 Å². The summed E-state index contributed by atoms with van der Waals surface area (Å²) in [5.41, 5.74) is 7.39. The molecule has 31 heavy (non-hydrogen) atoms. The van der Waals surface area contributed by atoms with Gasteiger partial charge in [0.25, 0.3) is 0 Å². The van der Waals surface area contributed by atoms with E-state index >= 15 is 0 Å². The number of carbonyl (C=O) groups excluding carboxylic acids is 1. The number of aliphatic carboxylic acids is 2. The summed E-state index contributed by atoms with van der Waals surface area (Å²) in [5, 5.41) is 21.0. The molecule has 0 radical (unpaired) electrons. The Morgan fingerprint density at radius 1 is 0.806 bits per heavy atom. The van der Waals surface area contributed by atoms with Gasteiger partial charge >= 0.3 is 11.9 Å². The zero-order valence-corrected chi connectivity index (χ0v) is 17.8. The molecule has 1 fully saturated rings. The molecule has 0 bridgehead atoms. The molecule has 0 aromatic heterocycles. The molecule has 0 unspecified atom stereocenters. The maximum Gasteiger partial charge on any atom is 0.317 e. The summed E-state index contributed by atoms with van der Waals surface area (Å²) in [7, 11) is 0. The average molecular weight is 436 g/mol. The van der Waals surface area contributed by atoms with Gasteiger partial charge < -0.3 is 21.3 Å². The first kappa shape index (κ1) is 24.7. The van der Waals surface area contributed by atoms with Crippen LogP contribution < -0.4 is 11.1 Å². The van der Waals surface area contributed by atoms with Gasteiger partial charge in [-0.25, -0.2) is 0 Å². The minimum atomic E-state index is -0.887. The second-order valence-electron chi connectivity index (χ2n) is 7.75. The van der Waals surface area contributed by atoms with Gasteiger partial charge in [-0.15, -0.1) is 0 Å². The predicted molar refractivity (Wildman–Crippen MR) is 116 cm³/mol. The van der Waals surface area contributed by atoms with E-state index in [0.29, 0.717) is 65.3 Å². The number of nitrogens with zero attached hydrogens (tertiary/aromatic N) is 3. The van der Waals surface area contributed by atoms with E-state index in [2.05, 4.69) is 10.2 Å². The van der Waals surface area contributed by atoms with E-state index in [0.717, 1.165) is 11.1 Å². The van der Waals surface area contributed by atoms with Crippen LogP contribution in [0.25, 0.3) is 0 Å². The Morgan fingerprint density at radius 2 is 1.26 bits per heavy atom. The van der Waals surface area contributed by atoms with Gasteiger partial charge in [0.15, 0.2) is 0 Å². The Balaban J connectivity index is 1.98. The molecule has 5 N–H and O–H groups in total. The van der Waals surface area contributed by atoms with Gasteiger partial charge in [-0.3, -0.25) is 29.1 Å². The van der Waals surface area contributed by atoms with Crippen LogP contribution in [0.1, 0.15) is 11.1 Å². The Kier molecular flexibility index (Phi) is 10.4. The fourth-order valence-corrected chi connectivity index (χ4v) is 3.52. The van der Waals surface area contributed by atoms with Crippen LogP contribution in [-0.4, -0.2) is 108 Å². The second kappa shape index (κ2) is 13.0. The fraction of sp³-hybridized carbons (Fsp3) is 0.571. The number of rotatable bonds is 10. The molecule has 1 heterocycles. The number of carboxylic acids is 2. The van der Waals surface area contributed by atoms with E-state index < -0.39 is 11.9 Å². The van der Waals surface area contributed by atoms with Crippen LogP contribution in [0.5, 0.6) is 0 Å². The van der Waals surface area contributed by atoms with E-state index in [-0.39, 0.29) is 19.0 Å². The smallest absolute Gasteiger partial charge is 0.317 e. The van der Waals surface area contributed by atoms with E-state index in [1.165, 1.54) is 0 Å². The number of nitrogens with one attached hydrogen (secondary N) is 1. The topological polar surface area (TPSA) is 139 Å². The standard InChI is InChI=1S/C21H33N5O5/c22-5-6-23-19(27)13-17-1-3-18(4-2-17)14-24-7-9-25(15-20(28)29)11-12-26(10-8-24)16-21(30)31/h1-4H,5-16,22H2,(H,23,27)(H,28,29)(H,30,31). The SMILES string of the molecule is NCCNC(=O)Cc1ccc(CN2CCN(CC(=O)O)CCN(CC(=O)O)CC2)cc1. The third-order valence-corrected chi connectivity index (χ3v) is 5.18. The predicted octanol–water partition coefficient (Wildman–Crippen LogP) is -1.11. The zero-order chi connectivity index (χ0) is 22.6. The van der Waals surface area contributed by atoms with Crippen molar-refractivity contribution in [2.24, 2.45) is 5.73 Å². The molecule has 2 rings (SSSR count). The van der Waals surface area contributed by atoms with Crippen molar-refractivity contribution < 1.29 is 24.6 Å². The molecule has 0 spiro atoms. The molecule has 1 aromatic carbocycles. The number of amides is 1. The maximum absolute atomic E-state index is 11.8. The van der Waals surface area contributed by atoms with Crippen LogP contribution in [0.4, 0.5) is 0 Å². The normalized spacial score (nSPS) is 16.8. The van der Waals surface area contributed by atoms with Crippen LogP contribution in [0.15, 0.2) is 24.3 Å². The summed E-state index contributed by atoms with van der Waals surface area (Å²) in [6.45, 7) is 5.06. The van der Waals surface area contributed by atoms with Crippen molar-refractivity contribution in [3.63, 3.8) is 0 Å². The summed E-state index contributed by atoms with van der Waals surface area (Å²) < 4.78 is 0. The monoisotopic (exact) mass is 435 g/mol. The molecule has 1 saturated heterocycles. The van der Waals surface area contributed by atoms with E-state index in [1.807, 2.05) is 34.1 Å². The molecule has 172 valence electrons. The third kappa shape index (κ3) is 9.88.